The van der Waals surface area contributed by atoms with E-state index in [1.165, 1.54) is 13.8 Å². The van der Waals surface area contributed by atoms with E-state index in [1.807, 2.05) is 0 Å². The third-order valence-corrected chi connectivity index (χ3v) is 3.25. The first kappa shape index (κ1) is 19.3. The van der Waals surface area contributed by atoms with Crippen molar-refractivity contribution >= 4 is 11.8 Å². The van der Waals surface area contributed by atoms with E-state index in [0.717, 1.165) is 6.08 Å². The van der Waals surface area contributed by atoms with Gasteiger partial charge in [-0.2, -0.15) is 26.3 Å². The Morgan fingerprint density at radius 3 is 2.09 bits per heavy atom. The lowest BCUT2D eigenvalue weighted by molar-refractivity contribution is -0.196. The maximum Gasteiger partial charge on any atom is 0.471 e. The molecule has 0 spiro atoms. The van der Waals surface area contributed by atoms with Crippen LogP contribution < -0.4 is 5.32 Å². The molecule has 23 heavy (non-hydrogen) atoms. The smallest absolute Gasteiger partial charge is 0.344 e. The minimum atomic E-state index is -5.13. The standard InChI is InChI=1S/C13H16F6N2O2/c1-7(2)5-10(22)21-6-8(20-11(23)13(17,18)19)3-4-9(21)12(14,15)16/h5,8-9H,3-4,6H2,1-2H3,(H,20,23)/t8-,9+/m1/s1. The second-order valence-electron chi connectivity index (χ2n) is 5.52. The molecule has 1 N–H and O–H groups in total. The number of hydrogen-bond donors (Lipinski definition) is 1. The van der Waals surface area contributed by atoms with Gasteiger partial charge in [-0.1, -0.05) is 5.57 Å². The third kappa shape index (κ3) is 5.43. The Kier molecular flexibility index (Phi) is 5.70. The van der Waals surface area contributed by atoms with Gasteiger partial charge < -0.3 is 10.2 Å². The first-order chi connectivity index (χ1) is 10.3. The number of alkyl halides is 6. The molecule has 10 heteroatoms. The molecule has 0 aromatic carbocycles. The topological polar surface area (TPSA) is 49.4 Å². The fourth-order valence-electron chi connectivity index (χ4n) is 2.27. The summed E-state index contributed by atoms with van der Waals surface area (Å²) in [5.41, 5.74) is 0.456. The van der Waals surface area contributed by atoms with Gasteiger partial charge in [-0.25, -0.2) is 0 Å². The highest BCUT2D eigenvalue weighted by Gasteiger charge is 2.49. The van der Waals surface area contributed by atoms with E-state index in [4.69, 9.17) is 0 Å². The normalized spacial score (nSPS) is 22.5. The van der Waals surface area contributed by atoms with Crippen molar-refractivity contribution in [3.63, 3.8) is 0 Å². The fourth-order valence-corrected chi connectivity index (χ4v) is 2.27. The Morgan fingerprint density at radius 2 is 1.65 bits per heavy atom. The molecule has 0 aromatic rings. The number of halogens is 6. The molecule has 1 aliphatic heterocycles. The van der Waals surface area contributed by atoms with Crippen molar-refractivity contribution in [2.24, 2.45) is 0 Å². The zero-order valence-corrected chi connectivity index (χ0v) is 12.4. The van der Waals surface area contributed by atoms with E-state index in [2.05, 4.69) is 0 Å². The Morgan fingerprint density at radius 1 is 1.09 bits per heavy atom. The highest BCUT2D eigenvalue weighted by Crippen LogP contribution is 2.32. The second kappa shape index (κ2) is 6.79. The van der Waals surface area contributed by atoms with Crippen molar-refractivity contribution in [3.05, 3.63) is 11.6 Å². The van der Waals surface area contributed by atoms with Crippen LogP contribution >= 0.6 is 0 Å². The summed E-state index contributed by atoms with van der Waals surface area (Å²) in [6, 6.07) is -3.26. The number of amides is 2. The van der Waals surface area contributed by atoms with Crippen LogP contribution in [0.2, 0.25) is 0 Å². The molecule has 4 nitrogen and oxygen atoms in total. The zero-order chi connectivity index (χ0) is 18.0. The highest BCUT2D eigenvalue weighted by molar-refractivity contribution is 5.88. The van der Waals surface area contributed by atoms with Gasteiger partial charge in [0.25, 0.3) is 0 Å². The third-order valence-electron chi connectivity index (χ3n) is 3.25. The van der Waals surface area contributed by atoms with Crippen LogP contribution in [0, 0.1) is 0 Å². The van der Waals surface area contributed by atoms with Crippen LogP contribution in [-0.4, -0.2) is 47.7 Å². The number of carbonyl (C=O) groups excluding carboxylic acids is 2. The van der Waals surface area contributed by atoms with Crippen molar-refractivity contribution in [2.45, 2.75) is 51.1 Å². The fraction of sp³-hybridized carbons (Fsp3) is 0.692. The van der Waals surface area contributed by atoms with Gasteiger partial charge in [0.05, 0.1) is 0 Å². The van der Waals surface area contributed by atoms with Crippen LogP contribution in [0.1, 0.15) is 26.7 Å². The lowest BCUT2D eigenvalue weighted by Gasteiger charge is -2.40. The van der Waals surface area contributed by atoms with Crippen LogP contribution in [-0.2, 0) is 9.59 Å². The van der Waals surface area contributed by atoms with Gasteiger partial charge in [0.2, 0.25) is 5.91 Å². The summed E-state index contributed by atoms with van der Waals surface area (Å²) in [5, 5.41) is 1.62. The van der Waals surface area contributed by atoms with Gasteiger partial charge >= 0.3 is 18.3 Å². The monoisotopic (exact) mass is 346 g/mol. The molecular formula is C13H16F6N2O2. The first-order valence-corrected chi connectivity index (χ1v) is 6.72. The molecule has 0 saturated carbocycles. The Hall–Kier alpha value is -1.74. The lowest BCUT2D eigenvalue weighted by Crippen LogP contribution is -2.59. The molecule has 0 unspecified atom stereocenters. The number of allylic oxidation sites excluding steroid dienone is 1. The number of piperidine rings is 1. The molecule has 0 aliphatic carbocycles. The quantitative estimate of drug-likeness (QED) is 0.617. The molecular weight excluding hydrogens is 330 g/mol. The Balaban J connectivity index is 2.92. The van der Waals surface area contributed by atoms with Crippen molar-refractivity contribution in [2.75, 3.05) is 6.54 Å². The van der Waals surface area contributed by atoms with Crippen molar-refractivity contribution < 1.29 is 35.9 Å². The van der Waals surface area contributed by atoms with Crippen LogP contribution in [0.3, 0.4) is 0 Å². The molecule has 1 fully saturated rings. The van der Waals surface area contributed by atoms with Gasteiger partial charge in [0.1, 0.15) is 6.04 Å². The predicted octanol–water partition coefficient (Wildman–Crippen LogP) is 2.55. The maximum absolute atomic E-state index is 13.0. The van der Waals surface area contributed by atoms with Gasteiger partial charge in [-0.15, -0.1) is 0 Å². The number of nitrogens with zero attached hydrogens (tertiary/aromatic N) is 1. The SMILES string of the molecule is CC(C)=CC(=O)N1C[C@H](NC(=O)C(F)(F)F)CC[C@H]1C(F)(F)F. The minimum Gasteiger partial charge on any atom is -0.344 e. The lowest BCUT2D eigenvalue weighted by atomic mass is 9.97. The van der Waals surface area contributed by atoms with E-state index in [1.54, 1.807) is 5.32 Å². The van der Waals surface area contributed by atoms with Crippen LogP contribution in [0.25, 0.3) is 0 Å². The summed E-state index contributed by atoms with van der Waals surface area (Å²) >= 11 is 0. The number of rotatable bonds is 2. The van der Waals surface area contributed by atoms with Crippen molar-refractivity contribution in [1.29, 1.82) is 0 Å². The zero-order valence-electron chi connectivity index (χ0n) is 12.4. The summed E-state index contributed by atoms with van der Waals surface area (Å²) in [5.74, 6) is -3.18. The number of carbonyl (C=O) groups is 2. The molecule has 132 valence electrons. The molecule has 1 rings (SSSR count). The maximum atomic E-state index is 13.0. The van der Waals surface area contributed by atoms with Gasteiger partial charge in [-0.05, 0) is 26.7 Å². The Bertz CT molecular complexity index is 494. The first-order valence-electron chi connectivity index (χ1n) is 6.72. The summed E-state index contributed by atoms with van der Waals surface area (Å²) in [4.78, 5) is 23.3. The molecule has 2 amide bonds. The molecule has 0 bridgehead atoms. The van der Waals surface area contributed by atoms with Crippen LogP contribution in [0.4, 0.5) is 26.3 Å². The van der Waals surface area contributed by atoms with E-state index in [9.17, 15) is 35.9 Å². The number of likely N-dealkylation sites (tertiary alicyclic amines) is 1. The van der Waals surface area contributed by atoms with Gasteiger partial charge in [-0.3, -0.25) is 9.59 Å². The molecule has 1 aliphatic rings. The van der Waals surface area contributed by atoms with E-state index in [-0.39, 0.29) is 6.42 Å². The van der Waals surface area contributed by atoms with Crippen molar-refractivity contribution in [3.8, 4) is 0 Å². The average molecular weight is 346 g/mol. The average Bonchev–Trinajstić information content (AvgIpc) is 2.35. The summed E-state index contributed by atoms with van der Waals surface area (Å²) in [7, 11) is 0. The van der Waals surface area contributed by atoms with Gasteiger partial charge in [0.15, 0.2) is 0 Å². The highest BCUT2D eigenvalue weighted by atomic mass is 19.4. The summed E-state index contributed by atoms with van der Waals surface area (Å²) in [6.45, 7) is 2.38. The molecule has 1 saturated heterocycles. The molecule has 1 heterocycles. The van der Waals surface area contributed by atoms with Crippen molar-refractivity contribution in [1.82, 2.24) is 10.2 Å². The van der Waals surface area contributed by atoms with E-state index in [0.29, 0.717) is 10.5 Å². The minimum absolute atomic E-state index is 0.301. The van der Waals surface area contributed by atoms with E-state index >= 15 is 0 Å². The number of nitrogens with one attached hydrogen (secondary N) is 1. The molecule has 0 radical (unpaired) electrons. The Labute approximate surface area is 128 Å². The van der Waals surface area contributed by atoms with Gasteiger partial charge in [0, 0.05) is 18.7 Å². The summed E-state index contributed by atoms with van der Waals surface area (Å²) in [6.07, 6.45) is -9.72. The summed E-state index contributed by atoms with van der Waals surface area (Å²) < 4.78 is 75.6. The van der Waals surface area contributed by atoms with Crippen LogP contribution in [0.5, 0.6) is 0 Å². The largest absolute Gasteiger partial charge is 0.471 e. The predicted molar refractivity (Wildman–Crippen MR) is 68.2 cm³/mol. The van der Waals surface area contributed by atoms with E-state index < -0.39 is 49.2 Å². The molecule has 2 atom stereocenters. The second-order valence-corrected chi connectivity index (χ2v) is 5.52. The number of hydrogen-bond acceptors (Lipinski definition) is 2. The van der Waals surface area contributed by atoms with Crippen LogP contribution in [0.15, 0.2) is 11.6 Å². The molecule has 0 aromatic heterocycles.